The lowest BCUT2D eigenvalue weighted by atomic mass is 10.1. The van der Waals surface area contributed by atoms with Crippen molar-refractivity contribution in [3.05, 3.63) is 95.9 Å². The van der Waals surface area contributed by atoms with Crippen molar-refractivity contribution in [3.8, 4) is 17.1 Å². The molecule has 0 saturated carbocycles. The van der Waals surface area contributed by atoms with Crippen LogP contribution in [0.3, 0.4) is 0 Å². The van der Waals surface area contributed by atoms with E-state index in [2.05, 4.69) is 37.2 Å². The van der Waals surface area contributed by atoms with Crippen LogP contribution in [0.15, 0.2) is 79.1 Å². The van der Waals surface area contributed by atoms with E-state index in [9.17, 15) is 9.90 Å². The molecule has 1 amide bonds. The van der Waals surface area contributed by atoms with Gasteiger partial charge in [-0.25, -0.2) is 9.97 Å². The average molecular weight is 580 g/mol. The first kappa shape index (κ1) is 29.7. The number of amides is 1. The Morgan fingerprint density at radius 3 is 2.49 bits per heavy atom. The highest BCUT2D eigenvalue weighted by atomic mass is 16.5. The largest absolute Gasteiger partial charge is 0.489 e. The molecule has 222 valence electrons. The normalized spacial score (nSPS) is 13.3. The van der Waals surface area contributed by atoms with E-state index in [-0.39, 0.29) is 12.5 Å². The third kappa shape index (κ3) is 7.17. The molecular formula is C33H37N7O3. The summed E-state index contributed by atoms with van der Waals surface area (Å²) in [5.41, 5.74) is 5.35. The van der Waals surface area contributed by atoms with Crippen molar-refractivity contribution in [1.82, 2.24) is 29.7 Å². The van der Waals surface area contributed by atoms with Gasteiger partial charge in [-0.05, 0) is 54.6 Å². The summed E-state index contributed by atoms with van der Waals surface area (Å²) in [7, 11) is 2.07. The Hall–Kier alpha value is -4.80. The number of rotatable bonds is 8. The second-order valence-corrected chi connectivity index (χ2v) is 10.1. The number of fused-ring (bicyclic) bond motifs is 1. The molecule has 43 heavy (non-hydrogen) atoms. The number of aromatic nitrogens is 4. The third-order valence-electron chi connectivity index (χ3n) is 7.23. The number of carbonyl (C=O) groups is 1. The van der Waals surface area contributed by atoms with Gasteiger partial charge in [-0.15, -0.1) is 0 Å². The summed E-state index contributed by atoms with van der Waals surface area (Å²) in [4.78, 5) is 33.9. The number of carbonyl (C=O) groups excluding carboxylic acids is 1. The van der Waals surface area contributed by atoms with E-state index in [1.807, 2.05) is 73.3 Å². The van der Waals surface area contributed by atoms with E-state index in [1.165, 1.54) is 0 Å². The summed E-state index contributed by atoms with van der Waals surface area (Å²) < 4.78 is 5.98. The van der Waals surface area contributed by atoms with Gasteiger partial charge in [0.1, 0.15) is 18.1 Å². The van der Waals surface area contributed by atoms with E-state index in [0.717, 1.165) is 53.9 Å². The number of hydrogen-bond acceptors (Lipinski definition) is 8. The first-order valence-corrected chi connectivity index (χ1v) is 14.5. The zero-order valence-corrected chi connectivity index (χ0v) is 24.7. The lowest BCUT2D eigenvalue weighted by Crippen LogP contribution is -2.47. The lowest BCUT2D eigenvalue weighted by Gasteiger charge is -2.32. The van der Waals surface area contributed by atoms with E-state index in [1.54, 1.807) is 24.5 Å². The van der Waals surface area contributed by atoms with Crippen LogP contribution < -0.4 is 10.1 Å². The molecule has 4 heterocycles. The van der Waals surface area contributed by atoms with Crippen LogP contribution in [0.25, 0.3) is 22.3 Å². The Morgan fingerprint density at radius 2 is 1.70 bits per heavy atom. The van der Waals surface area contributed by atoms with Crippen LogP contribution >= 0.6 is 0 Å². The molecule has 0 aliphatic carbocycles. The number of nitrogens with zero attached hydrogens (tertiary/aromatic N) is 5. The number of aromatic amines is 1. The number of anilines is 2. The van der Waals surface area contributed by atoms with Crippen molar-refractivity contribution >= 4 is 28.4 Å². The Morgan fingerprint density at radius 1 is 0.930 bits per heavy atom. The topological polar surface area (TPSA) is 120 Å². The molecule has 0 unspecified atom stereocenters. The maximum atomic E-state index is 13.0. The number of likely N-dealkylation sites (N-methyl/N-ethyl adjacent to an activating group) is 1. The number of pyridine rings is 1. The molecule has 6 rings (SSSR count). The van der Waals surface area contributed by atoms with Gasteiger partial charge in [0.25, 0.3) is 5.91 Å². The van der Waals surface area contributed by atoms with Gasteiger partial charge in [-0.2, -0.15) is 0 Å². The first-order valence-electron chi connectivity index (χ1n) is 14.5. The number of nitrogens with one attached hydrogen (secondary N) is 2. The number of aliphatic hydroxyl groups excluding tert-OH is 1. The van der Waals surface area contributed by atoms with Gasteiger partial charge >= 0.3 is 0 Å². The maximum absolute atomic E-state index is 13.0. The number of piperazine rings is 1. The zero-order valence-electron chi connectivity index (χ0n) is 24.7. The molecule has 3 aromatic heterocycles. The standard InChI is InChI=1S/C31H31N7O3.C2H6/c1-37-12-14-38(15-13-37)30(40)29-17-23-16-24(6-7-26(23)35-29)34-31-33-11-9-27(36-31)28-18-25(8-10-32-28)41-20-22-5-3-2-4-21(22)19-39;1-2/h2-11,16-18,35,39H,12-15,19-20H2,1H3,(H,33,34,36);1-2H3. The summed E-state index contributed by atoms with van der Waals surface area (Å²) in [5, 5.41) is 13.8. The van der Waals surface area contributed by atoms with Crippen LogP contribution in [0.2, 0.25) is 0 Å². The van der Waals surface area contributed by atoms with Crippen LogP contribution in [0, 0.1) is 0 Å². The number of ether oxygens (including phenoxy) is 1. The Balaban J connectivity index is 0.00000180. The lowest BCUT2D eigenvalue weighted by molar-refractivity contribution is 0.0659. The predicted molar refractivity (Wildman–Crippen MR) is 168 cm³/mol. The number of H-pyrrole nitrogens is 1. The zero-order chi connectivity index (χ0) is 30.2. The number of benzene rings is 2. The fourth-order valence-electron chi connectivity index (χ4n) is 4.85. The summed E-state index contributed by atoms with van der Waals surface area (Å²) in [6, 6.07) is 20.8. The van der Waals surface area contributed by atoms with Crippen LogP contribution in [0.4, 0.5) is 11.6 Å². The quantitative estimate of drug-likeness (QED) is 0.228. The highest BCUT2D eigenvalue weighted by molar-refractivity contribution is 5.98. The van der Waals surface area contributed by atoms with Crippen molar-refractivity contribution in [3.63, 3.8) is 0 Å². The van der Waals surface area contributed by atoms with Gasteiger partial charge in [0.15, 0.2) is 0 Å². The molecule has 1 aliphatic heterocycles. The molecule has 10 nitrogen and oxygen atoms in total. The van der Waals surface area contributed by atoms with Gasteiger partial charge in [-0.1, -0.05) is 38.1 Å². The number of aliphatic hydroxyl groups is 1. The van der Waals surface area contributed by atoms with Gasteiger partial charge in [-0.3, -0.25) is 9.78 Å². The van der Waals surface area contributed by atoms with Gasteiger partial charge in [0.05, 0.1) is 18.0 Å². The predicted octanol–water partition coefficient (Wildman–Crippen LogP) is 5.25. The molecule has 1 aliphatic rings. The Bertz CT molecular complexity index is 1680. The van der Waals surface area contributed by atoms with E-state index in [4.69, 9.17) is 4.74 Å². The van der Waals surface area contributed by atoms with Crippen molar-refractivity contribution in [2.24, 2.45) is 0 Å². The van der Waals surface area contributed by atoms with Crippen molar-refractivity contribution in [1.29, 1.82) is 0 Å². The molecule has 5 aromatic rings. The van der Waals surface area contributed by atoms with Gasteiger partial charge in [0.2, 0.25) is 5.95 Å². The molecule has 0 radical (unpaired) electrons. The highest BCUT2D eigenvalue weighted by Crippen LogP contribution is 2.25. The minimum Gasteiger partial charge on any atom is -0.489 e. The Kier molecular flexibility index (Phi) is 9.60. The summed E-state index contributed by atoms with van der Waals surface area (Å²) in [6.45, 7) is 7.52. The molecule has 1 saturated heterocycles. The second kappa shape index (κ2) is 13.9. The summed E-state index contributed by atoms with van der Waals surface area (Å²) in [6.07, 6.45) is 3.36. The van der Waals surface area contributed by atoms with E-state index >= 15 is 0 Å². The van der Waals surface area contributed by atoms with Crippen LogP contribution in [0.1, 0.15) is 35.5 Å². The smallest absolute Gasteiger partial charge is 0.270 e. The molecule has 2 aromatic carbocycles. The maximum Gasteiger partial charge on any atom is 0.270 e. The fourth-order valence-corrected chi connectivity index (χ4v) is 4.85. The highest BCUT2D eigenvalue weighted by Gasteiger charge is 2.21. The van der Waals surface area contributed by atoms with E-state index in [0.29, 0.717) is 35.4 Å². The van der Waals surface area contributed by atoms with E-state index < -0.39 is 0 Å². The van der Waals surface area contributed by atoms with Crippen LogP contribution in [-0.2, 0) is 13.2 Å². The van der Waals surface area contributed by atoms with Crippen molar-refractivity contribution < 1.29 is 14.6 Å². The van der Waals surface area contributed by atoms with Crippen molar-refractivity contribution in [2.75, 3.05) is 38.5 Å². The average Bonchev–Trinajstić information content (AvgIpc) is 3.49. The molecule has 0 atom stereocenters. The molecule has 1 fully saturated rings. The fraction of sp³-hybridized carbons (Fsp3) is 0.273. The first-order chi connectivity index (χ1) is 21.1. The monoisotopic (exact) mass is 579 g/mol. The van der Waals surface area contributed by atoms with Crippen molar-refractivity contribution in [2.45, 2.75) is 27.1 Å². The minimum absolute atomic E-state index is 0.0242. The molecule has 3 N–H and O–H groups in total. The van der Waals surface area contributed by atoms with Crippen LogP contribution in [0.5, 0.6) is 5.75 Å². The number of hydrogen-bond donors (Lipinski definition) is 3. The summed E-state index contributed by atoms with van der Waals surface area (Å²) in [5.74, 6) is 1.10. The SMILES string of the molecule is CC.CN1CCN(C(=O)c2cc3cc(Nc4nccc(-c5cc(OCc6ccccc6CO)ccn5)n4)ccc3[nH]2)CC1. The Labute approximate surface area is 251 Å². The van der Waals surface area contributed by atoms with Crippen LogP contribution in [-0.4, -0.2) is 74.0 Å². The molecular weight excluding hydrogens is 542 g/mol. The molecule has 0 bridgehead atoms. The second-order valence-electron chi connectivity index (χ2n) is 10.1. The minimum atomic E-state index is -0.0369. The third-order valence-corrected chi connectivity index (χ3v) is 7.23. The molecule has 10 heteroatoms. The van der Waals surface area contributed by atoms with Gasteiger partial charge in [0, 0.05) is 61.2 Å². The summed E-state index contributed by atoms with van der Waals surface area (Å²) >= 11 is 0. The van der Waals surface area contributed by atoms with Gasteiger partial charge < -0.3 is 29.9 Å². The molecule has 0 spiro atoms.